The van der Waals surface area contributed by atoms with Crippen molar-refractivity contribution in [1.82, 2.24) is 0 Å². The summed E-state index contributed by atoms with van der Waals surface area (Å²) in [6.45, 7) is 10.8. The summed E-state index contributed by atoms with van der Waals surface area (Å²) >= 11 is 1.89. The zero-order chi connectivity index (χ0) is 11.6. The fraction of sp³-hybridized carbons (Fsp3) is 0.538. The Bertz CT molecular complexity index is 228. The van der Waals surface area contributed by atoms with Gasteiger partial charge in [-0.2, -0.15) is 0 Å². The molecule has 0 radical (unpaired) electrons. The van der Waals surface area contributed by atoms with Gasteiger partial charge in [0.15, 0.2) is 0 Å². The third-order valence-corrected chi connectivity index (χ3v) is 2.29. The smallest absolute Gasteiger partial charge is 0.00453 e. The van der Waals surface area contributed by atoms with Crippen LogP contribution in [0.15, 0.2) is 12.1 Å². The van der Waals surface area contributed by atoms with E-state index in [0.29, 0.717) is 0 Å². The van der Waals surface area contributed by atoms with Crippen molar-refractivity contribution in [2.24, 2.45) is 5.92 Å². The SMILES string of the molecule is C#C.CC(C)C.CCc1ccc(C)s1. The van der Waals surface area contributed by atoms with Gasteiger partial charge in [0.25, 0.3) is 0 Å². The normalized spacial score (nSPS) is 8.29. The topological polar surface area (TPSA) is 0 Å². The van der Waals surface area contributed by atoms with Crippen molar-refractivity contribution in [2.45, 2.75) is 41.0 Å². The van der Waals surface area contributed by atoms with E-state index in [1.807, 2.05) is 11.3 Å². The Morgan fingerprint density at radius 3 is 1.79 bits per heavy atom. The van der Waals surface area contributed by atoms with Gasteiger partial charge in [-0.25, -0.2) is 0 Å². The van der Waals surface area contributed by atoms with Crippen LogP contribution in [0, 0.1) is 25.7 Å². The van der Waals surface area contributed by atoms with Crippen LogP contribution < -0.4 is 0 Å². The molecule has 0 aliphatic rings. The molecule has 0 atom stereocenters. The first-order valence-electron chi connectivity index (χ1n) is 4.94. The van der Waals surface area contributed by atoms with Crippen LogP contribution in [-0.2, 0) is 6.42 Å². The molecule has 0 spiro atoms. The second-order valence-corrected chi connectivity index (χ2v) is 4.97. The second kappa shape index (κ2) is 10.3. The predicted molar refractivity (Wildman–Crippen MR) is 68.8 cm³/mol. The maximum atomic E-state index is 4.00. The molecule has 0 amide bonds. The Morgan fingerprint density at radius 1 is 1.21 bits per heavy atom. The molecule has 0 N–H and O–H groups in total. The fourth-order valence-corrected chi connectivity index (χ4v) is 1.51. The van der Waals surface area contributed by atoms with E-state index in [9.17, 15) is 0 Å². The lowest BCUT2D eigenvalue weighted by Gasteiger charge is -1.80. The van der Waals surface area contributed by atoms with Gasteiger partial charge in [-0.05, 0) is 31.4 Å². The van der Waals surface area contributed by atoms with Gasteiger partial charge < -0.3 is 0 Å². The highest BCUT2D eigenvalue weighted by molar-refractivity contribution is 7.11. The van der Waals surface area contributed by atoms with Crippen LogP contribution in [0.3, 0.4) is 0 Å². The molecular formula is C13H22S. The number of terminal acetylenes is 1. The molecule has 0 fully saturated rings. The molecule has 1 rings (SSSR count). The van der Waals surface area contributed by atoms with Crippen molar-refractivity contribution < 1.29 is 0 Å². The summed E-state index contributed by atoms with van der Waals surface area (Å²) in [7, 11) is 0. The van der Waals surface area contributed by atoms with Crippen molar-refractivity contribution in [3.05, 3.63) is 21.9 Å². The molecule has 0 saturated carbocycles. The summed E-state index contributed by atoms with van der Waals surface area (Å²) in [5, 5.41) is 0. The Hall–Kier alpha value is -0.740. The Balaban J connectivity index is 0. The van der Waals surface area contributed by atoms with E-state index in [0.717, 1.165) is 5.92 Å². The van der Waals surface area contributed by atoms with E-state index in [1.165, 1.54) is 16.2 Å². The van der Waals surface area contributed by atoms with Gasteiger partial charge in [0, 0.05) is 9.75 Å². The molecule has 0 bridgehead atoms. The van der Waals surface area contributed by atoms with Crippen molar-refractivity contribution in [2.75, 3.05) is 0 Å². The Labute approximate surface area is 93.4 Å². The highest BCUT2D eigenvalue weighted by Gasteiger charge is 1.89. The number of rotatable bonds is 1. The van der Waals surface area contributed by atoms with E-state index < -0.39 is 0 Å². The van der Waals surface area contributed by atoms with Crippen molar-refractivity contribution in [3.8, 4) is 12.8 Å². The van der Waals surface area contributed by atoms with Gasteiger partial charge in [-0.3, -0.25) is 0 Å². The van der Waals surface area contributed by atoms with Crippen LogP contribution >= 0.6 is 11.3 Å². The van der Waals surface area contributed by atoms with Gasteiger partial charge in [0.2, 0.25) is 0 Å². The first-order valence-corrected chi connectivity index (χ1v) is 5.76. The molecule has 80 valence electrons. The Kier molecular flexibility index (Phi) is 11.6. The number of hydrogen-bond acceptors (Lipinski definition) is 1. The van der Waals surface area contributed by atoms with Crippen LogP contribution in [0.4, 0.5) is 0 Å². The quantitative estimate of drug-likeness (QED) is 0.597. The third kappa shape index (κ3) is 11.3. The van der Waals surface area contributed by atoms with Crippen molar-refractivity contribution >= 4 is 11.3 Å². The summed E-state index contributed by atoms with van der Waals surface area (Å²) < 4.78 is 0. The molecule has 0 saturated heterocycles. The zero-order valence-corrected chi connectivity index (χ0v) is 10.8. The molecule has 1 aromatic rings. The largest absolute Gasteiger partial charge is 0.146 e. The number of thiophene rings is 1. The van der Waals surface area contributed by atoms with Gasteiger partial charge in [-0.1, -0.05) is 27.7 Å². The zero-order valence-electron chi connectivity index (χ0n) is 10.0. The lowest BCUT2D eigenvalue weighted by molar-refractivity contribution is 0.737. The van der Waals surface area contributed by atoms with Crippen LogP contribution in [0.1, 0.15) is 37.4 Å². The van der Waals surface area contributed by atoms with Gasteiger partial charge in [-0.15, -0.1) is 24.2 Å². The van der Waals surface area contributed by atoms with E-state index in [1.54, 1.807) is 0 Å². The molecule has 1 heterocycles. The minimum atomic E-state index is 0.833. The van der Waals surface area contributed by atoms with Gasteiger partial charge >= 0.3 is 0 Å². The second-order valence-electron chi connectivity index (χ2n) is 3.60. The van der Waals surface area contributed by atoms with E-state index in [4.69, 9.17) is 0 Å². The first-order chi connectivity index (χ1) is 6.56. The molecule has 1 heteroatoms. The fourth-order valence-electron chi connectivity index (χ4n) is 0.675. The standard InChI is InChI=1S/C7H10S.C4H10.C2H2/c1-3-7-5-4-6(2)8-7;1-4(2)3;1-2/h4-5H,3H2,1-2H3;4H,1-3H3;1-2H. The maximum Gasteiger partial charge on any atom is 0.00453 e. The maximum absolute atomic E-state index is 4.00. The molecular weight excluding hydrogens is 188 g/mol. The van der Waals surface area contributed by atoms with Crippen LogP contribution in [-0.4, -0.2) is 0 Å². The first kappa shape index (κ1) is 15.7. The minimum Gasteiger partial charge on any atom is -0.146 e. The minimum absolute atomic E-state index is 0.833. The third-order valence-electron chi connectivity index (χ3n) is 1.14. The summed E-state index contributed by atoms with van der Waals surface area (Å²) in [5.74, 6) is 0.833. The predicted octanol–water partition coefficient (Wildman–Crippen LogP) is 4.53. The highest BCUT2D eigenvalue weighted by atomic mass is 32.1. The van der Waals surface area contributed by atoms with Crippen LogP contribution in [0.2, 0.25) is 0 Å². The van der Waals surface area contributed by atoms with Gasteiger partial charge in [0.05, 0.1) is 0 Å². The molecule has 0 aromatic carbocycles. The molecule has 0 unspecified atom stereocenters. The van der Waals surface area contributed by atoms with E-state index in [-0.39, 0.29) is 0 Å². The summed E-state index contributed by atoms with van der Waals surface area (Å²) in [5.41, 5.74) is 0. The molecule has 0 aliphatic carbocycles. The average Bonchev–Trinajstić information content (AvgIpc) is 2.54. The number of hydrogen-bond donors (Lipinski definition) is 0. The lowest BCUT2D eigenvalue weighted by Crippen LogP contribution is -1.66. The van der Waals surface area contributed by atoms with E-state index >= 15 is 0 Å². The molecule has 1 aromatic heterocycles. The monoisotopic (exact) mass is 210 g/mol. The van der Waals surface area contributed by atoms with E-state index in [2.05, 4.69) is 59.6 Å². The molecule has 0 nitrogen and oxygen atoms in total. The van der Waals surface area contributed by atoms with Crippen LogP contribution in [0.25, 0.3) is 0 Å². The molecule has 0 aliphatic heterocycles. The van der Waals surface area contributed by atoms with Crippen molar-refractivity contribution in [3.63, 3.8) is 0 Å². The highest BCUT2D eigenvalue weighted by Crippen LogP contribution is 2.14. The Morgan fingerprint density at radius 2 is 1.64 bits per heavy atom. The molecule has 14 heavy (non-hydrogen) atoms. The van der Waals surface area contributed by atoms with Crippen LogP contribution in [0.5, 0.6) is 0 Å². The lowest BCUT2D eigenvalue weighted by atomic mass is 10.3. The summed E-state index contributed by atoms with van der Waals surface area (Å²) in [6.07, 6.45) is 9.18. The van der Waals surface area contributed by atoms with Crippen molar-refractivity contribution in [1.29, 1.82) is 0 Å². The average molecular weight is 210 g/mol. The summed E-state index contributed by atoms with van der Waals surface area (Å²) in [4.78, 5) is 2.91. The van der Waals surface area contributed by atoms with Gasteiger partial charge in [0.1, 0.15) is 0 Å². The number of aryl methyl sites for hydroxylation is 2. The summed E-state index contributed by atoms with van der Waals surface area (Å²) in [6, 6.07) is 4.36.